The van der Waals surface area contributed by atoms with Crippen molar-refractivity contribution >= 4 is 64.2 Å². The second kappa shape index (κ2) is 12.6. The Kier molecular flexibility index (Phi) is 9.26. The van der Waals surface area contributed by atoms with Gasteiger partial charge in [-0.2, -0.15) is 4.37 Å². The Balaban J connectivity index is 0.00000320. The lowest BCUT2D eigenvalue weighted by Crippen LogP contribution is -2.36. The zero-order chi connectivity index (χ0) is 24.9. The van der Waals surface area contributed by atoms with Gasteiger partial charge in [-0.05, 0) is 37.1 Å². The molecule has 0 radical (unpaired) electrons. The molecule has 5 rings (SSSR count). The highest BCUT2D eigenvalue weighted by molar-refractivity contribution is 7.99. The van der Waals surface area contributed by atoms with Crippen molar-refractivity contribution in [2.45, 2.75) is 35.5 Å². The Labute approximate surface area is 235 Å². The van der Waals surface area contributed by atoms with Crippen LogP contribution >= 0.6 is 47.3 Å². The van der Waals surface area contributed by atoms with Crippen LogP contribution in [0.25, 0.3) is 0 Å². The number of amides is 1. The molecule has 1 aliphatic rings. The number of benzene rings is 2. The molecule has 0 saturated carbocycles. The number of anilines is 2. The number of carbonyl (C=O) groups excluding carboxylic acids is 1. The van der Waals surface area contributed by atoms with Crippen molar-refractivity contribution < 1.29 is 9.53 Å². The summed E-state index contributed by atoms with van der Waals surface area (Å²) in [6.07, 6.45) is 3.42. The van der Waals surface area contributed by atoms with Crippen molar-refractivity contribution in [1.29, 1.82) is 0 Å². The fraction of sp³-hybridized carbons (Fsp3) is 0.231. The fourth-order valence-corrected chi connectivity index (χ4v) is 5.75. The first-order chi connectivity index (χ1) is 17.5. The third-order valence-corrected chi connectivity index (χ3v) is 8.03. The molecule has 0 unspecified atom stereocenters. The van der Waals surface area contributed by atoms with Crippen LogP contribution in [0.1, 0.15) is 31.5 Å². The Hall–Kier alpha value is -2.85. The molecule has 2 aromatic carbocycles. The summed E-state index contributed by atoms with van der Waals surface area (Å²) in [4.78, 5) is 24.6. The summed E-state index contributed by atoms with van der Waals surface area (Å²) < 4.78 is 10.6. The van der Waals surface area contributed by atoms with Gasteiger partial charge in [-0.25, -0.2) is 9.97 Å². The Morgan fingerprint density at radius 2 is 1.81 bits per heavy atom. The van der Waals surface area contributed by atoms with Gasteiger partial charge in [-0.3, -0.25) is 4.79 Å². The van der Waals surface area contributed by atoms with E-state index in [-0.39, 0.29) is 24.2 Å². The number of para-hydroxylation sites is 1. The Bertz CT molecular complexity index is 1350. The van der Waals surface area contributed by atoms with Gasteiger partial charge in [0.2, 0.25) is 11.0 Å². The number of pyridine rings is 1. The van der Waals surface area contributed by atoms with Crippen LogP contribution < -0.4 is 10.1 Å². The van der Waals surface area contributed by atoms with Crippen LogP contribution in [0, 0.1) is 0 Å². The van der Waals surface area contributed by atoms with Crippen LogP contribution in [0.4, 0.5) is 10.9 Å². The average Bonchev–Trinajstić information content (AvgIpc) is 3.36. The lowest BCUT2D eigenvalue weighted by molar-refractivity contribution is -0.129. The number of nitrogens with one attached hydrogen (secondary N) is 1. The van der Waals surface area contributed by atoms with Crippen LogP contribution in [-0.2, 0) is 4.79 Å². The van der Waals surface area contributed by atoms with Crippen LogP contribution in [0.5, 0.6) is 11.5 Å². The van der Waals surface area contributed by atoms with Gasteiger partial charge in [0.05, 0.1) is 16.1 Å². The van der Waals surface area contributed by atoms with Crippen molar-refractivity contribution in [3.63, 3.8) is 0 Å². The molecule has 0 spiro atoms. The van der Waals surface area contributed by atoms with Gasteiger partial charge in [0.25, 0.3) is 0 Å². The molecule has 1 saturated heterocycles. The molecule has 192 valence electrons. The molecule has 7 nitrogen and oxygen atoms in total. The minimum atomic E-state index is 0. The number of hydrogen-bond acceptors (Lipinski definition) is 8. The molecular formula is C26H25Cl2N5O2S2. The lowest BCUT2D eigenvalue weighted by atomic mass is 9.96. The molecule has 0 aliphatic carbocycles. The van der Waals surface area contributed by atoms with E-state index in [1.807, 2.05) is 65.6 Å². The van der Waals surface area contributed by atoms with E-state index in [0.29, 0.717) is 21.7 Å². The lowest BCUT2D eigenvalue weighted by Gasteiger charge is -2.29. The number of ether oxygens (including phenoxy) is 1. The Morgan fingerprint density at radius 3 is 2.54 bits per heavy atom. The maximum atomic E-state index is 11.6. The molecule has 1 fully saturated rings. The number of halogens is 2. The van der Waals surface area contributed by atoms with E-state index < -0.39 is 0 Å². The zero-order valence-electron chi connectivity index (χ0n) is 20.0. The van der Waals surface area contributed by atoms with E-state index in [1.165, 1.54) is 23.3 Å². The van der Waals surface area contributed by atoms with Crippen LogP contribution in [0.15, 0.2) is 76.7 Å². The van der Waals surface area contributed by atoms with Crippen LogP contribution in [-0.4, -0.2) is 38.2 Å². The molecule has 2 aromatic heterocycles. The highest BCUT2D eigenvalue weighted by Crippen LogP contribution is 2.40. The highest BCUT2D eigenvalue weighted by Gasteiger charge is 2.25. The summed E-state index contributed by atoms with van der Waals surface area (Å²) in [5, 5.41) is 4.67. The number of hydrogen-bond donors (Lipinski definition) is 1. The van der Waals surface area contributed by atoms with Crippen molar-refractivity contribution in [2.75, 3.05) is 18.4 Å². The van der Waals surface area contributed by atoms with E-state index >= 15 is 0 Å². The number of rotatable bonds is 7. The average molecular weight is 575 g/mol. The summed E-state index contributed by atoms with van der Waals surface area (Å²) >= 11 is 9.25. The number of likely N-dealkylation sites (tertiary alicyclic amines) is 1. The first-order valence-electron chi connectivity index (χ1n) is 11.6. The molecule has 0 atom stereocenters. The van der Waals surface area contributed by atoms with E-state index in [9.17, 15) is 4.79 Å². The maximum Gasteiger partial charge on any atom is 0.219 e. The van der Waals surface area contributed by atoms with Crippen molar-refractivity contribution in [3.8, 4) is 11.5 Å². The largest absolute Gasteiger partial charge is 0.456 e. The van der Waals surface area contributed by atoms with E-state index in [2.05, 4.69) is 14.7 Å². The smallest absolute Gasteiger partial charge is 0.219 e. The van der Waals surface area contributed by atoms with Crippen molar-refractivity contribution in [2.24, 2.45) is 0 Å². The SMILES string of the molecule is CC(=O)N1CCC(c2nsc(Nc3ncc(Oc4ccccc4)cc3Sc3ccccc3Cl)n2)CC1.Cl. The molecule has 4 aromatic rings. The molecule has 1 N–H and O–H groups in total. The summed E-state index contributed by atoms with van der Waals surface area (Å²) in [6.45, 7) is 3.10. The molecular weight excluding hydrogens is 549 g/mol. The quantitative estimate of drug-likeness (QED) is 0.246. The van der Waals surface area contributed by atoms with Crippen molar-refractivity contribution in [1.82, 2.24) is 19.2 Å². The fourth-order valence-electron chi connectivity index (χ4n) is 3.93. The number of carbonyl (C=O) groups is 1. The molecule has 0 bridgehead atoms. The number of piperidine rings is 1. The first-order valence-corrected chi connectivity index (χ1v) is 13.5. The first kappa shape index (κ1) is 27.2. The maximum absolute atomic E-state index is 11.6. The second-order valence-corrected chi connectivity index (χ2v) is 10.6. The third kappa shape index (κ3) is 6.93. The van der Waals surface area contributed by atoms with Gasteiger partial charge in [-0.15, -0.1) is 12.4 Å². The number of nitrogens with zero attached hydrogens (tertiary/aromatic N) is 4. The van der Waals surface area contributed by atoms with Gasteiger partial charge in [0.15, 0.2) is 0 Å². The van der Waals surface area contributed by atoms with Crippen LogP contribution in [0.2, 0.25) is 5.02 Å². The predicted molar refractivity (Wildman–Crippen MR) is 151 cm³/mol. The number of aromatic nitrogens is 3. The summed E-state index contributed by atoms with van der Waals surface area (Å²) in [5.41, 5.74) is 0. The van der Waals surface area contributed by atoms with Gasteiger partial charge >= 0.3 is 0 Å². The van der Waals surface area contributed by atoms with E-state index in [4.69, 9.17) is 21.3 Å². The third-order valence-electron chi connectivity index (χ3n) is 5.84. The molecule has 1 aliphatic heterocycles. The summed E-state index contributed by atoms with van der Waals surface area (Å²) in [6, 6.07) is 19.2. The molecule has 11 heteroatoms. The van der Waals surface area contributed by atoms with E-state index in [0.717, 1.165) is 47.3 Å². The Morgan fingerprint density at radius 1 is 1.08 bits per heavy atom. The topological polar surface area (TPSA) is 80.2 Å². The predicted octanol–water partition coefficient (Wildman–Crippen LogP) is 7.42. The summed E-state index contributed by atoms with van der Waals surface area (Å²) in [7, 11) is 0. The van der Waals surface area contributed by atoms with Gasteiger partial charge in [0, 0.05) is 48.4 Å². The standard InChI is InChI=1S/C26H24ClN5O2S2.ClH/c1-17(33)32-13-11-18(12-14-32)24-29-26(36-31-24)30-25-23(35-22-10-6-5-9-21(22)27)15-20(16-28-25)34-19-7-3-2-4-8-19;/h2-10,15-16,18H,11-14H2,1H3,(H,28,29,30,31);1H. The van der Waals surface area contributed by atoms with Crippen LogP contribution in [0.3, 0.4) is 0 Å². The molecule has 37 heavy (non-hydrogen) atoms. The highest BCUT2D eigenvalue weighted by atomic mass is 35.5. The zero-order valence-corrected chi connectivity index (χ0v) is 23.2. The second-order valence-electron chi connectivity index (χ2n) is 8.33. The van der Waals surface area contributed by atoms with Gasteiger partial charge in [-0.1, -0.05) is 53.7 Å². The monoisotopic (exact) mass is 573 g/mol. The minimum Gasteiger partial charge on any atom is -0.456 e. The minimum absolute atomic E-state index is 0. The van der Waals surface area contributed by atoms with E-state index in [1.54, 1.807) is 13.1 Å². The van der Waals surface area contributed by atoms with Gasteiger partial charge < -0.3 is 15.0 Å². The normalized spacial score (nSPS) is 13.6. The van der Waals surface area contributed by atoms with Gasteiger partial charge in [0.1, 0.15) is 23.1 Å². The van der Waals surface area contributed by atoms with Crippen molar-refractivity contribution in [3.05, 3.63) is 77.7 Å². The summed E-state index contributed by atoms with van der Waals surface area (Å²) in [5.74, 6) is 3.19. The molecule has 1 amide bonds. The molecule has 3 heterocycles.